The maximum absolute atomic E-state index is 12.7. The van der Waals surface area contributed by atoms with Crippen molar-refractivity contribution in [2.45, 2.75) is 31.6 Å². The second-order valence-electron chi connectivity index (χ2n) is 5.49. The molecule has 7 heteroatoms. The summed E-state index contributed by atoms with van der Waals surface area (Å²) in [6, 6.07) is 10.8. The zero-order chi connectivity index (χ0) is 18.3. The minimum absolute atomic E-state index is 0.170. The van der Waals surface area contributed by atoms with Gasteiger partial charge in [-0.05, 0) is 43.2 Å². The largest absolute Gasteiger partial charge is 0.404 e. The van der Waals surface area contributed by atoms with Crippen LogP contribution in [0.4, 0.5) is 0 Å². The first kappa shape index (κ1) is 19.1. The van der Waals surface area contributed by atoms with Crippen LogP contribution in [0, 0.1) is 0 Å². The Balaban J connectivity index is 2.16. The van der Waals surface area contributed by atoms with Gasteiger partial charge in [0.15, 0.2) is 0 Å². The van der Waals surface area contributed by atoms with E-state index >= 15 is 0 Å². The van der Waals surface area contributed by atoms with Crippen LogP contribution in [0.2, 0.25) is 0 Å². The lowest BCUT2D eigenvalue weighted by atomic mass is 10.2. The first-order valence-electron chi connectivity index (χ1n) is 8.22. The molecule has 0 amide bonds. The zero-order valence-corrected chi connectivity index (χ0v) is 15.2. The van der Waals surface area contributed by atoms with Crippen molar-refractivity contribution in [3.8, 4) is 5.88 Å². The van der Waals surface area contributed by atoms with Crippen molar-refractivity contribution in [3.63, 3.8) is 0 Å². The molecule has 0 unspecified atom stereocenters. The Labute approximate surface area is 148 Å². The molecule has 0 aliphatic rings. The van der Waals surface area contributed by atoms with Crippen LogP contribution in [0.1, 0.15) is 37.0 Å². The van der Waals surface area contributed by atoms with E-state index in [0.717, 1.165) is 12.8 Å². The van der Waals surface area contributed by atoms with E-state index in [4.69, 9.17) is 4.74 Å². The highest BCUT2D eigenvalue weighted by Gasteiger charge is 2.23. The maximum Gasteiger partial charge on any atom is 0.344 e. The molecule has 0 fully saturated rings. The minimum Gasteiger partial charge on any atom is -0.404 e. The molecule has 0 N–H and O–H groups in total. The molecule has 2 rings (SSSR count). The summed E-state index contributed by atoms with van der Waals surface area (Å²) in [5.41, 5.74) is 0.266. The summed E-state index contributed by atoms with van der Waals surface area (Å²) in [7, 11) is -3.56. The molecule has 1 heterocycles. The standard InChI is InChI=1S/C18H22N2O4S/c1-3-13-20(14-4-2)25(22,23)16-10-8-15(9-11-16)18(21)24-17-7-5-6-12-19-17/h5-12H,3-4,13-14H2,1-2H3. The van der Waals surface area contributed by atoms with Gasteiger partial charge in [-0.2, -0.15) is 4.31 Å². The summed E-state index contributed by atoms with van der Waals surface area (Å²) in [6.07, 6.45) is 3.01. The number of aromatic nitrogens is 1. The number of pyridine rings is 1. The number of hydrogen-bond acceptors (Lipinski definition) is 5. The van der Waals surface area contributed by atoms with Gasteiger partial charge in [0.05, 0.1) is 10.5 Å². The quantitative estimate of drug-likeness (QED) is 0.674. The molecule has 25 heavy (non-hydrogen) atoms. The van der Waals surface area contributed by atoms with Crippen LogP contribution in [0.5, 0.6) is 5.88 Å². The Hall–Kier alpha value is -2.25. The normalized spacial score (nSPS) is 11.5. The average Bonchev–Trinajstić information content (AvgIpc) is 2.62. The minimum atomic E-state index is -3.56. The van der Waals surface area contributed by atoms with E-state index in [1.165, 1.54) is 34.8 Å². The fourth-order valence-corrected chi connectivity index (χ4v) is 3.95. The molecule has 0 atom stereocenters. The number of benzene rings is 1. The lowest BCUT2D eigenvalue weighted by molar-refractivity contribution is 0.0727. The summed E-state index contributed by atoms with van der Waals surface area (Å²) in [5.74, 6) is -0.386. The summed E-state index contributed by atoms with van der Waals surface area (Å²) < 4.78 is 32.0. The van der Waals surface area contributed by atoms with Gasteiger partial charge in [-0.1, -0.05) is 19.9 Å². The fourth-order valence-electron chi connectivity index (χ4n) is 2.32. The van der Waals surface area contributed by atoms with E-state index in [1.54, 1.807) is 18.2 Å². The van der Waals surface area contributed by atoms with Crippen molar-refractivity contribution in [1.29, 1.82) is 0 Å². The molecule has 6 nitrogen and oxygen atoms in total. The first-order chi connectivity index (χ1) is 12.0. The van der Waals surface area contributed by atoms with E-state index < -0.39 is 16.0 Å². The highest BCUT2D eigenvalue weighted by molar-refractivity contribution is 7.89. The van der Waals surface area contributed by atoms with Crippen molar-refractivity contribution in [2.24, 2.45) is 0 Å². The van der Waals surface area contributed by atoms with Crippen molar-refractivity contribution in [3.05, 3.63) is 54.2 Å². The molecule has 0 saturated heterocycles. The van der Waals surface area contributed by atoms with Gasteiger partial charge in [0.25, 0.3) is 0 Å². The highest BCUT2D eigenvalue weighted by Crippen LogP contribution is 2.18. The summed E-state index contributed by atoms with van der Waals surface area (Å²) >= 11 is 0. The number of esters is 1. The van der Waals surface area contributed by atoms with Gasteiger partial charge in [-0.25, -0.2) is 18.2 Å². The van der Waals surface area contributed by atoms with Gasteiger partial charge >= 0.3 is 5.97 Å². The van der Waals surface area contributed by atoms with Crippen LogP contribution in [0.3, 0.4) is 0 Å². The van der Waals surface area contributed by atoms with E-state index in [2.05, 4.69) is 4.98 Å². The third-order valence-corrected chi connectivity index (χ3v) is 5.42. The number of carbonyl (C=O) groups excluding carboxylic acids is 1. The predicted octanol–water partition coefficient (Wildman–Crippen LogP) is 3.11. The number of carbonyl (C=O) groups is 1. The number of sulfonamides is 1. The molecule has 0 aliphatic carbocycles. The molecule has 0 saturated carbocycles. The van der Waals surface area contributed by atoms with Crippen molar-refractivity contribution < 1.29 is 17.9 Å². The zero-order valence-electron chi connectivity index (χ0n) is 14.4. The maximum atomic E-state index is 12.7. The molecule has 2 aromatic rings. The SMILES string of the molecule is CCCN(CCC)S(=O)(=O)c1ccc(C(=O)Oc2ccccn2)cc1. The number of hydrogen-bond donors (Lipinski definition) is 0. The van der Waals surface area contributed by atoms with Crippen LogP contribution < -0.4 is 4.74 Å². The van der Waals surface area contributed by atoms with Gasteiger partial charge < -0.3 is 4.74 Å². The molecule has 1 aromatic heterocycles. The Morgan fingerprint density at radius 1 is 1.04 bits per heavy atom. The number of nitrogens with zero attached hydrogens (tertiary/aromatic N) is 2. The fraction of sp³-hybridized carbons (Fsp3) is 0.333. The second kappa shape index (κ2) is 8.73. The summed E-state index contributed by atoms with van der Waals surface area (Å²) in [5, 5.41) is 0. The second-order valence-corrected chi connectivity index (χ2v) is 7.42. The van der Waals surface area contributed by atoms with E-state index in [1.807, 2.05) is 13.8 Å². The van der Waals surface area contributed by atoms with Gasteiger partial charge in [0, 0.05) is 25.4 Å². The van der Waals surface area contributed by atoms with Crippen molar-refractivity contribution in [1.82, 2.24) is 9.29 Å². The Morgan fingerprint density at radius 2 is 1.68 bits per heavy atom. The molecule has 0 spiro atoms. The number of ether oxygens (including phenoxy) is 1. The van der Waals surface area contributed by atoms with E-state index in [9.17, 15) is 13.2 Å². The molecule has 0 aliphatic heterocycles. The van der Waals surface area contributed by atoms with Gasteiger partial charge in [0.2, 0.25) is 15.9 Å². The Bertz CT molecular complexity index is 784. The van der Waals surface area contributed by atoms with Crippen LogP contribution in [0.15, 0.2) is 53.6 Å². The Morgan fingerprint density at radius 3 is 2.20 bits per heavy atom. The Kier molecular flexibility index (Phi) is 6.66. The molecular weight excluding hydrogens is 340 g/mol. The van der Waals surface area contributed by atoms with Crippen LogP contribution in [0.25, 0.3) is 0 Å². The lowest BCUT2D eigenvalue weighted by Crippen LogP contribution is -2.32. The van der Waals surface area contributed by atoms with E-state index in [0.29, 0.717) is 13.1 Å². The topological polar surface area (TPSA) is 76.6 Å². The third-order valence-electron chi connectivity index (χ3n) is 3.51. The molecular formula is C18H22N2O4S. The summed E-state index contributed by atoms with van der Waals surface area (Å²) in [4.78, 5) is 16.2. The molecule has 0 radical (unpaired) electrons. The van der Waals surface area contributed by atoms with Crippen molar-refractivity contribution >= 4 is 16.0 Å². The monoisotopic (exact) mass is 362 g/mol. The van der Waals surface area contributed by atoms with Crippen LogP contribution >= 0.6 is 0 Å². The lowest BCUT2D eigenvalue weighted by Gasteiger charge is -2.21. The van der Waals surface area contributed by atoms with Gasteiger partial charge in [0.1, 0.15) is 0 Å². The predicted molar refractivity (Wildman–Crippen MR) is 95.0 cm³/mol. The average molecular weight is 362 g/mol. The summed E-state index contributed by atoms with van der Waals surface area (Å²) in [6.45, 7) is 4.82. The van der Waals surface area contributed by atoms with Gasteiger partial charge in [-0.3, -0.25) is 0 Å². The third kappa shape index (κ3) is 4.87. The van der Waals surface area contributed by atoms with Crippen LogP contribution in [-0.2, 0) is 10.0 Å². The van der Waals surface area contributed by atoms with E-state index in [-0.39, 0.29) is 16.3 Å². The molecule has 1 aromatic carbocycles. The van der Waals surface area contributed by atoms with Crippen LogP contribution in [-0.4, -0.2) is 36.8 Å². The van der Waals surface area contributed by atoms with Crippen molar-refractivity contribution in [2.75, 3.05) is 13.1 Å². The number of rotatable bonds is 8. The molecule has 0 bridgehead atoms. The highest BCUT2D eigenvalue weighted by atomic mass is 32.2. The molecule has 134 valence electrons. The van der Waals surface area contributed by atoms with Gasteiger partial charge in [-0.15, -0.1) is 0 Å². The smallest absolute Gasteiger partial charge is 0.344 e. The first-order valence-corrected chi connectivity index (χ1v) is 9.66.